The third-order valence-electron chi connectivity index (χ3n) is 3.18. The van der Waals surface area contributed by atoms with Gasteiger partial charge in [-0.3, -0.25) is 4.99 Å². The number of nitrogens with zero attached hydrogens (tertiary/aromatic N) is 1. The highest BCUT2D eigenvalue weighted by atomic mass is 35.5. The molecular weight excluding hydrogens is 316 g/mol. The molecule has 0 aliphatic rings. The number of nitrogens with two attached hydrogens (primary N) is 1. The van der Waals surface area contributed by atoms with E-state index in [1.165, 1.54) is 11.1 Å². The first-order chi connectivity index (χ1) is 9.95. The highest BCUT2D eigenvalue weighted by molar-refractivity contribution is 8.13. The van der Waals surface area contributed by atoms with Crippen LogP contribution < -0.4 is 18.1 Å². The second-order valence-corrected chi connectivity index (χ2v) is 6.97. The van der Waals surface area contributed by atoms with E-state index in [-0.39, 0.29) is 17.8 Å². The van der Waals surface area contributed by atoms with E-state index in [0.717, 1.165) is 11.5 Å². The third-order valence-corrected chi connectivity index (χ3v) is 4.08. The molecule has 0 aliphatic carbocycles. The normalized spacial score (nSPS) is 12.0. The van der Waals surface area contributed by atoms with Crippen molar-refractivity contribution in [2.24, 2.45) is 10.7 Å². The van der Waals surface area contributed by atoms with Crippen LogP contribution in [0.5, 0.6) is 0 Å². The zero-order valence-corrected chi connectivity index (χ0v) is 14.7. The smallest absolute Gasteiger partial charge is 0.154 e. The lowest BCUT2D eigenvalue weighted by Crippen LogP contribution is -3.00. The minimum Gasteiger partial charge on any atom is -1.00 e. The van der Waals surface area contributed by atoms with Crippen molar-refractivity contribution in [1.29, 1.82) is 0 Å². The molecule has 22 heavy (non-hydrogen) atoms. The molecule has 0 amide bonds. The molecule has 1 heterocycles. The van der Waals surface area contributed by atoms with Crippen molar-refractivity contribution in [2.45, 2.75) is 38.5 Å². The molecule has 2 aromatic rings. The van der Waals surface area contributed by atoms with E-state index in [4.69, 9.17) is 10.2 Å². The van der Waals surface area contributed by atoms with Gasteiger partial charge in [-0.25, -0.2) is 0 Å². The molecule has 1 aromatic carbocycles. The van der Waals surface area contributed by atoms with Crippen LogP contribution in [0.4, 0.5) is 0 Å². The number of furan rings is 1. The Morgan fingerprint density at radius 2 is 1.86 bits per heavy atom. The average molecular weight is 338 g/mol. The van der Waals surface area contributed by atoms with E-state index in [2.05, 4.69) is 50.0 Å². The Bertz CT molecular complexity index is 586. The fourth-order valence-electron chi connectivity index (χ4n) is 1.86. The molecule has 0 radical (unpaired) electrons. The summed E-state index contributed by atoms with van der Waals surface area (Å²) in [6.45, 7) is 7.15. The molecule has 0 unspecified atom stereocenters. The highest BCUT2D eigenvalue weighted by Crippen LogP contribution is 2.23. The summed E-state index contributed by atoms with van der Waals surface area (Å²) in [6.07, 6.45) is 1.64. The second kappa shape index (κ2) is 8.30. The molecule has 0 fully saturated rings. The van der Waals surface area contributed by atoms with Gasteiger partial charge in [-0.2, -0.15) is 0 Å². The minimum atomic E-state index is 0. The molecule has 0 atom stereocenters. The van der Waals surface area contributed by atoms with Gasteiger partial charge in [-0.1, -0.05) is 56.8 Å². The predicted molar refractivity (Wildman–Crippen MR) is 90.5 cm³/mol. The van der Waals surface area contributed by atoms with Crippen LogP contribution in [0.15, 0.2) is 52.1 Å². The van der Waals surface area contributed by atoms with Crippen molar-refractivity contribution < 1.29 is 16.8 Å². The van der Waals surface area contributed by atoms with E-state index in [1.807, 2.05) is 12.1 Å². The lowest BCUT2D eigenvalue weighted by molar-refractivity contribution is -0.00000534. The zero-order valence-electron chi connectivity index (χ0n) is 13.2. The fraction of sp³-hybridized carbons (Fsp3) is 0.353. The maximum Gasteiger partial charge on any atom is 0.154 e. The van der Waals surface area contributed by atoms with Crippen molar-refractivity contribution in [3.8, 4) is 0 Å². The molecule has 0 spiro atoms. The van der Waals surface area contributed by atoms with E-state index in [1.54, 1.807) is 18.0 Å². The van der Waals surface area contributed by atoms with Gasteiger partial charge in [-0.05, 0) is 28.7 Å². The number of amidine groups is 1. The monoisotopic (exact) mass is 337 g/mol. The van der Waals surface area contributed by atoms with E-state index < -0.39 is 0 Å². The Labute approximate surface area is 142 Å². The van der Waals surface area contributed by atoms with Crippen molar-refractivity contribution in [3.05, 3.63) is 59.5 Å². The zero-order chi connectivity index (χ0) is 15.3. The number of aliphatic imine (C=N–C) groups is 1. The molecule has 120 valence electrons. The Balaban J connectivity index is 0.00000242. The molecule has 2 N–H and O–H groups in total. The van der Waals surface area contributed by atoms with Gasteiger partial charge >= 0.3 is 0 Å². The van der Waals surface area contributed by atoms with Crippen molar-refractivity contribution in [3.63, 3.8) is 0 Å². The van der Waals surface area contributed by atoms with Crippen LogP contribution in [0, 0.1) is 0 Å². The maximum atomic E-state index is 5.91. The number of halogens is 1. The van der Waals surface area contributed by atoms with Crippen LogP contribution in [-0.4, -0.2) is 5.17 Å². The molecule has 0 saturated heterocycles. The molecule has 0 aliphatic heterocycles. The van der Waals surface area contributed by atoms with Crippen LogP contribution in [0.2, 0.25) is 0 Å². The van der Waals surface area contributed by atoms with Gasteiger partial charge in [0.1, 0.15) is 5.76 Å². The standard InChI is InChI=1S/C17H22N2OS.ClH/c1-17(2,3)14-8-6-13(7-9-14)12-21-16(18)19-11-15-5-4-10-20-15;/h4-10H,11-12H2,1-3H3,(H2,18,19);1H/p-1. The lowest BCUT2D eigenvalue weighted by Gasteiger charge is -2.19. The molecule has 0 bridgehead atoms. The van der Waals surface area contributed by atoms with E-state index in [9.17, 15) is 0 Å². The van der Waals surface area contributed by atoms with Crippen LogP contribution in [0.1, 0.15) is 37.7 Å². The summed E-state index contributed by atoms with van der Waals surface area (Å²) in [7, 11) is 0. The number of hydrogen-bond donors (Lipinski definition) is 1. The molecular formula is C17H22ClN2OS-. The molecule has 2 rings (SSSR count). The topological polar surface area (TPSA) is 51.5 Å². The van der Waals surface area contributed by atoms with Crippen LogP contribution >= 0.6 is 11.8 Å². The van der Waals surface area contributed by atoms with Crippen LogP contribution in [0.3, 0.4) is 0 Å². The summed E-state index contributed by atoms with van der Waals surface area (Å²) in [4.78, 5) is 4.30. The number of thioether (sulfide) groups is 1. The predicted octanol–water partition coefficient (Wildman–Crippen LogP) is 1.33. The third kappa shape index (κ3) is 5.78. The van der Waals surface area contributed by atoms with Gasteiger partial charge in [0.15, 0.2) is 5.17 Å². The quantitative estimate of drug-likeness (QED) is 0.676. The summed E-state index contributed by atoms with van der Waals surface area (Å²) in [5.41, 5.74) is 8.70. The number of benzene rings is 1. The van der Waals surface area contributed by atoms with Gasteiger partial charge < -0.3 is 22.6 Å². The van der Waals surface area contributed by atoms with Gasteiger partial charge in [0.2, 0.25) is 0 Å². The maximum absolute atomic E-state index is 5.91. The molecule has 0 saturated carbocycles. The molecule has 1 aromatic heterocycles. The highest BCUT2D eigenvalue weighted by Gasteiger charge is 2.12. The lowest BCUT2D eigenvalue weighted by atomic mass is 9.87. The van der Waals surface area contributed by atoms with Gasteiger partial charge in [0, 0.05) is 5.75 Å². The Hall–Kier alpha value is -1.39. The van der Waals surface area contributed by atoms with Crippen molar-refractivity contribution in [1.82, 2.24) is 0 Å². The number of hydrogen-bond acceptors (Lipinski definition) is 3. The molecule has 5 heteroatoms. The fourth-order valence-corrected chi connectivity index (χ4v) is 2.53. The summed E-state index contributed by atoms with van der Waals surface area (Å²) >= 11 is 1.55. The minimum absolute atomic E-state index is 0. The Kier molecular flexibility index (Phi) is 7.04. The van der Waals surface area contributed by atoms with Gasteiger partial charge in [-0.15, -0.1) is 0 Å². The van der Waals surface area contributed by atoms with Gasteiger partial charge in [0.25, 0.3) is 0 Å². The first-order valence-electron chi connectivity index (χ1n) is 6.99. The van der Waals surface area contributed by atoms with Crippen molar-refractivity contribution >= 4 is 16.9 Å². The van der Waals surface area contributed by atoms with E-state index in [0.29, 0.717) is 11.7 Å². The van der Waals surface area contributed by atoms with Crippen LogP contribution in [-0.2, 0) is 17.7 Å². The summed E-state index contributed by atoms with van der Waals surface area (Å²) < 4.78 is 5.22. The molecule has 3 nitrogen and oxygen atoms in total. The van der Waals surface area contributed by atoms with Crippen LogP contribution in [0.25, 0.3) is 0 Å². The summed E-state index contributed by atoms with van der Waals surface area (Å²) in [5, 5.41) is 0.589. The average Bonchev–Trinajstić information content (AvgIpc) is 2.95. The van der Waals surface area contributed by atoms with E-state index >= 15 is 0 Å². The Morgan fingerprint density at radius 3 is 2.41 bits per heavy atom. The first-order valence-corrected chi connectivity index (χ1v) is 7.98. The first kappa shape index (κ1) is 18.7. The largest absolute Gasteiger partial charge is 1.00 e. The summed E-state index contributed by atoms with van der Waals surface area (Å²) in [5.74, 6) is 1.66. The summed E-state index contributed by atoms with van der Waals surface area (Å²) in [6, 6.07) is 12.4. The van der Waals surface area contributed by atoms with Crippen molar-refractivity contribution in [2.75, 3.05) is 0 Å². The Morgan fingerprint density at radius 1 is 1.18 bits per heavy atom. The second-order valence-electron chi connectivity index (χ2n) is 5.97. The SMILES string of the molecule is CC(C)(C)c1ccc(CSC(N)=NCc2ccco2)cc1.[Cl-]. The number of rotatable bonds is 4. The van der Waals surface area contributed by atoms with Gasteiger partial charge in [0.05, 0.1) is 12.8 Å².